The maximum atomic E-state index is 12.8. The van der Waals surface area contributed by atoms with Crippen LogP contribution in [0.25, 0.3) is 0 Å². The highest BCUT2D eigenvalue weighted by atomic mass is 35.5. The van der Waals surface area contributed by atoms with E-state index in [-0.39, 0.29) is 22.1 Å². The molecular formula is C19H18ClNO5S. The van der Waals surface area contributed by atoms with Gasteiger partial charge in [0.15, 0.2) is 16.4 Å². The number of para-hydroxylation sites is 1. The Kier molecular flexibility index (Phi) is 5.82. The third kappa shape index (κ3) is 4.67. The van der Waals surface area contributed by atoms with Gasteiger partial charge in [-0.2, -0.15) is 0 Å². The van der Waals surface area contributed by atoms with Crippen LogP contribution in [0.5, 0.6) is 0 Å². The molecule has 2 aromatic carbocycles. The normalized spacial score (nSPS) is 18.0. The molecule has 1 fully saturated rings. The molecule has 0 N–H and O–H groups in total. The third-order valence-electron chi connectivity index (χ3n) is 4.30. The van der Waals surface area contributed by atoms with Gasteiger partial charge < -0.3 is 9.64 Å². The van der Waals surface area contributed by atoms with Crippen molar-refractivity contribution in [3.05, 3.63) is 65.2 Å². The first-order valence-corrected chi connectivity index (χ1v) is 10.6. The van der Waals surface area contributed by atoms with Crippen LogP contribution < -0.4 is 4.90 Å². The molecule has 0 aromatic heterocycles. The summed E-state index contributed by atoms with van der Waals surface area (Å²) >= 11 is 5.96. The number of carbonyl (C=O) groups is 2. The first-order chi connectivity index (χ1) is 12.9. The molecule has 1 saturated heterocycles. The van der Waals surface area contributed by atoms with Crippen LogP contribution in [-0.4, -0.2) is 44.4 Å². The molecule has 3 rings (SSSR count). The maximum absolute atomic E-state index is 12.8. The van der Waals surface area contributed by atoms with Crippen molar-refractivity contribution in [2.75, 3.05) is 23.0 Å². The Morgan fingerprint density at radius 2 is 1.74 bits per heavy atom. The van der Waals surface area contributed by atoms with E-state index < -0.39 is 34.4 Å². The highest BCUT2D eigenvalue weighted by Crippen LogP contribution is 2.25. The van der Waals surface area contributed by atoms with E-state index in [1.807, 2.05) is 0 Å². The Balaban J connectivity index is 1.76. The monoisotopic (exact) mass is 407 g/mol. The third-order valence-corrected chi connectivity index (χ3v) is 6.38. The van der Waals surface area contributed by atoms with E-state index in [2.05, 4.69) is 0 Å². The number of amides is 1. The molecule has 0 unspecified atom stereocenters. The minimum Gasteiger partial charge on any atom is -0.452 e. The van der Waals surface area contributed by atoms with E-state index in [4.69, 9.17) is 16.3 Å². The quantitative estimate of drug-likeness (QED) is 0.712. The number of sulfone groups is 1. The second-order valence-electron chi connectivity index (χ2n) is 6.21. The van der Waals surface area contributed by atoms with Crippen molar-refractivity contribution in [1.82, 2.24) is 0 Å². The van der Waals surface area contributed by atoms with Crippen LogP contribution in [0.3, 0.4) is 0 Å². The van der Waals surface area contributed by atoms with Gasteiger partial charge in [-0.3, -0.25) is 4.79 Å². The van der Waals surface area contributed by atoms with Crippen LogP contribution in [-0.2, 0) is 19.4 Å². The van der Waals surface area contributed by atoms with E-state index in [9.17, 15) is 18.0 Å². The zero-order valence-corrected chi connectivity index (χ0v) is 15.9. The molecule has 1 amide bonds. The van der Waals surface area contributed by atoms with Crippen molar-refractivity contribution in [3.8, 4) is 0 Å². The molecule has 142 valence electrons. The number of anilines is 1. The lowest BCUT2D eigenvalue weighted by molar-refractivity contribution is -0.122. The number of ether oxygens (including phenoxy) is 1. The average molecular weight is 408 g/mol. The minimum absolute atomic E-state index is 0.0354. The number of nitrogens with zero attached hydrogens (tertiary/aromatic N) is 1. The van der Waals surface area contributed by atoms with Gasteiger partial charge in [-0.25, -0.2) is 13.2 Å². The Bertz CT molecular complexity index is 946. The largest absolute Gasteiger partial charge is 0.452 e. The number of esters is 1. The zero-order valence-electron chi connectivity index (χ0n) is 14.4. The number of hydrogen-bond acceptors (Lipinski definition) is 5. The summed E-state index contributed by atoms with van der Waals surface area (Å²) < 4.78 is 28.8. The second-order valence-corrected chi connectivity index (χ2v) is 8.85. The summed E-state index contributed by atoms with van der Waals surface area (Å²) in [4.78, 5) is 26.4. The van der Waals surface area contributed by atoms with Crippen LogP contribution >= 0.6 is 11.6 Å². The van der Waals surface area contributed by atoms with Gasteiger partial charge in [0.2, 0.25) is 0 Å². The van der Waals surface area contributed by atoms with E-state index in [0.717, 1.165) is 0 Å². The Morgan fingerprint density at radius 3 is 2.37 bits per heavy atom. The summed E-state index contributed by atoms with van der Waals surface area (Å²) in [6.45, 7) is -0.504. The first kappa shape index (κ1) is 19.4. The van der Waals surface area contributed by atoms with Crippen molar-refractivity contribution in [2.24, 2.45) is 0 Å². The highest BCUT2D eigenvalue weighted by molar-refractivity contribution is 7.91. The molecule has 8 heteroatoms. The van der Waals surface area contributed by atoms with Gasteiger partial charge in [-0.05, 0) is 30.7 Å². The van der Waals surface area contributed by atoms with Crippen molar-refractivity contribution in [1.29, 1.82) is 0 Å². The lowest BCUT2D eigenvalue weighted by Gasteiger charge is -2.28. The number of carbonyl (C=O) groups excluding carboxylic acids is 2. The molecule has 0 spiro atoms. The zero-order chi connectivity index (χ0) is 19.4. The lowest BCUT2D eigenvalue weighted by Crippen LogP contribution is -2.43. The molecule has 2 aromatic rings. The standard InChI is InChI=1S/C19H18ClNO5S/c20-17-9-5-4-8-16(17)19(23)26-12-18(22)21(14-6-2-1-3-7-14)15-10-11-27(24,25)13-15/h1-9,15H,10-13H2/t15-/m1/s1. The highest BCUT2D eigenvalue weighted by Gasteiger charge is 2.35. The molecule has 0 aliphatic carbocycles. The molecule has 27 heavy (non-hydrogen) atoms. The molecule has 1 heterocycles. The van der Waals surface area contributed by atoms with Crippen LogP contribution in [0.15, 0.2) is 54.6 Å². The predicted molar refractivity (Wildman–Crippen MR) is 103 cm³/mol. The molecule has 0 bridgehead atoms. The molecule has 0 radical (unpaired) electrons. The molecule has 1 atom stereocenters. The van der Waals surface area contributed by atoms with Crippen LogP contribution in [0.4, 0.5) is 5.69 Å². The number of hydrogen-bond donors (Lipinski definition) is 0. The van der Waals surface area contributed by atoms with Crippen LogP contribution in [0, 0.1) is 0 Å². The number of rotatable bonds is 5. The maximum Gasteiger partial charge on any atom is 0.340 e. The van der Waals surface area contributed by atoms with Gasteiger partial charge in [-0.15, -0.1) is 0 Å². The van der Waals surface area contributed by atoms with E-state index in [1.54, 1.807) is 48.5 Å². The number of halogens is 1. The smallest absolute Gasteiger partial charge is 0.340 e. The fourth-order valence-electron chi connectivity index (χ4n) is 3.03. The van der Waals surface area contributed by atoms with Crippen molar-refractivity contribution in [2.45, 2.75) is 12.5 Å². The first-order valence-electron chi connectivity index (χ1n) is 8.36. The topological polar surface area (TPSA) is 80.8 Å². The van der Waals surface area contributed by atoms with Gasteiger partial charge in [0.25, 0.3) is 5.91 Å². The van der Waals surface area contributed by atoms with E-state index in [1.165, 1.54) is 11.0 Å². The summed E-state index contributed by atoms with van der Waals surface area (Å²) in [6, 6.07) is 14.7. The van der Waals surface area contributed by atoms with Gasteiger partial charge in [0.1, 0.15) is 0 Å². The molecule has 0 saturated carbocycles. The molecular weight excluding hydrogens is 390 g/mol. The van der Waals surface area contributed by atoms with Crippen molar-refractivity contribution in [3.63, 3.8) is 0 Å². The van der Waals surface area contributed by atoms with Gasteiger partial charge in [0, 0.05) is 5.69 Å². The van der Waals surface area contributed by atoms with Crippen molar-refractivity contribution >= 4 is 39.0 Å². The molecule has 1 aliphatic heterocycles. The average Bonchev–Trinajstić information content (AvgIpc) is 3.00. The van der Waals surface area contributed by atoms with E-state index in [0.29, 0.717) is 12.1 Å². The van der Waals surface area contributed by atoms with Gasteiger partial charge >= 0.3 is 5.97 Å². The number of benzene rings is 2. The summed E-state index contributed by atoms with van der Waals surface area (Å²) in [6.07, 6.45) is 0.349. The Labute approximate surface area is 162 Å². The lowest BCUT2D eigenvalue weighted by atomic mass is 10.2. The summed E-state index contributed by atoms with van der Waals surface area (Å²) in [7, 11) is -3.18. The SMILES string of the molecule is O=C(OCC(=O)N(c1ccccc1)[C@@H]1CCS(=O)(=O)C1)c1ccccc1Cl. The second kappa shape index (κ2) is 8.10. The Hall–Kier alpha value is -2.38. The molecule has 1 aliphatic rings. The summed E-state index contributed by atoms with van der Waals surface area (Å²) in [5.41, 5.74) is 0.736. The molecule has 6 nitrogen and oxygen atoms in total. The fourth-order valence-corrected chi connectivity index (χ4v) is 4.94. The van der Waals surface area contributed by atoms with E-state index >= 15 is 0 Å². The fraction of sp³-hybridized carbons (Fsp3) is 0.263. The van der Waals surface area contributed by atoms with Gasteiger partial charge in [-0.1, -0.05) is 41.9 Å². The van der Waals surface area contributed by atoms with Crippen molar-refractivity contribution < 1.29 is 22.7 Å². The predicted octanol–water partition coefficient (Wildman–Crippen LogP) is 2.72. The van der Waals surface area contributed by atoms with Gasteiger partial charge in [0.05, 0.1) is 28.1 Å². The minimum atomic E-state index is -3.18. The van der Waals surface area contributed by atoms with Crippen LogP contribution in [0.1, 0.15) is 16.8 Å². The Morgan fingerprint density at radius 1 is 1.07 bits per heavy atom. The summed E-state index contributed by atoms with van der Waals surface area (Å²) in [5.74, 6) is -1.26. The van der Waals surface area contributed by atoms with Crippen LogP contribution in [0.2, 0.25) is 5.02 Å². The summed E-state index contributed by atoms with van der Waals surface area (Å²) in [5, 5.41) is 0.233.